The molecule has 3 rings (SSSR count). The molecule has 1 aromatic heterocycles. The highest BCUT2D eigenvalue weighted by Crippen LogP contribution is 2.35. The zero-order valence-corrected chi connectivity index (χ0v) is 14.7. The molecular weight excluding hydrogens is 327 g/mol. The molecule has 1 N–H and O–H groups in total. The summed E-state index contributed by atoms with van der Waals surface area (Å²) in [5.41, 5.74) is 0.00411. The lowest BCUT2D eigenvalue weighted by molar-refractivity contribution is -0.140. The summed E-state index contributed by atoms with van der Waals surface area (Å²) < 4.78 is 39.6. The van der Waals surface area contributed by atoms with Crippen molar-refractivity contribution in [2.75, 3.05) is 26.0 Å². The van der Waals surface area contributed by atoms with E-state index in [1.807, 2.05) is 12.1 Å². The summed E-state index contributed by atoms with van der Waals surface area (Å²) in [7, 11) is 4.11. The van der Waals surface area contributed by atoms with E-state index in [0.29, 0.717) is 17.7 Å². The molecule has 1 aromatic carbocycles. The summed E-state index contributed by atoms with van der Waals surface area (Å²) in [5.74, 6) is 0. The van der Waals surface area contributed by atoms with Gasteiger partial charge in [-0.3, -0.25) is 0 Å². The lowest BCUT2D eigenvalue weighted by Gasteiger charge is -2.43. The van der Waals surface area contributed by atoms with E-state index < -0.39 is 11.9 Å². The van der Waals surface area contributed by atoms with Crippen LogP contribution in [0.2, 0.25) is 0 Å². The van der Waals surface area contributed by atoms with E-state index >= 15 is 0 Å². The third-order valence-corrected chi connectivity index (χ3v) is 5.35. The number of alkyl halides is 3. The normalized spacial score (nSPS) is 17.8. The van der Waals surface area contributed by atoms with Crippen LogP contribution in [0.5, 0.6) is 0 Å². The average molecular weight is 351 g/mol. The monoisotopic (exact) mass is 351 g/mol. The van der Waals surface area contributed by atoms with E-state index in [9.17, 15) is 13.2 Å². The fraction of sp³-hybridized carbons (Fsp3) is 0.526. The molecule has 25 heavy (non-hydrogen) atoms. The van der Waals surface area contributed by atoms with E-state index in [1.165, 1.54) is 6.42 Å². The number of fused-ring (bicyclic) bond motifs is 1. The third kappa shape index (κ3) is 3.73. The quantitative estimate of drug-likeness (QED) is 0.846. The number of nitrogens with zero attached hydrogens (tertiary/aromatic N) is 2. The van der Waals surface area contributed by atoms with Gasteiger partial charge >= 0.3 is 6.18 Å². The molecule has 1 fully saturated rings. The fourth-order valence-electron chi connectivity index (χ4n) is 3.72. The first-order chi connectivity index (χ1) is 11.8. The Balaban J connectivity index is 1.94. The standard InChI is InChI=1S/C19H24F3N3/c1-25(2)18(10-6-3-7-11-18)13-23-16-12-17(19(20,21)22)24-15-9-5-4-8-14(15)16/h4-5,8-9,12H,3,6-7,10-11,13H2,1-2H3,(H,23,24). The zero-order valence-electron chi connectivity index (χ0n) is 14.7. The highest BCUT2D eigenvalue weighted by atomic mass is 19.4. The minimum Gasteiger partial charge on any atom is -0.383 e. The molecule has 0 saturated heterocycles. The minimum absolute atomic E-state index is 0.0129. The molecule has 0 radical (unpaired) electrons. The Labute approximate surface area is 146 Å². The predicted molar refractivity (Wildman–Crippen MR) is 94.7 cm³/mol. The van der Waals surface area contributed by atoms with Crippen molar-refractivity contribution in [3.63, 3.8) is 0 Å². The van der Waals surface area contributed by atoms with Crippen LogP contribution in [0.25, 0.3) is 10.9 Å². The molecule has 1 saturated carbocycles. The molecule has 1 aliphatic rings. The summed E-state index contributed by atoms with van der Waals surface area (Å²) in [4.78, 5) is 5.99. The van der Waals surface area contributed by atoms with E-state index in [-0.39, 0.29) is 5.54 Å². The Hall–Kier alpha value is -1.82. The number of pyridine rings is 1. The predicted octanol–water partition coefficient (Wildman–Crippen LogP) is 4.93. The maximum Gasteiger partial charge on any atom is 0.433 e. The first-order valence-electron chi connectivity index (χ1n) is 8.70. The summed E-state index contributed by atoms with van der Waals surface area (Å²) in [6.45, 7) is 0.630. The molecule has 0 atom stereocenters. The molecule has 1 aliphatic carbocycles. The lowest BCUT2D eigenvalue weighted by Crippen LogP contribution is -2.51. The molecular formula is C19H24F3N3. The second kappa shape index (κ2) is 6.83. The molecule has 0 unspecified atom stereocenters. The Morgan fingerprint density at radius 3 is 2.44 bits per heavy atom. The Kier molecular flexibility index (Phi) is 4.91. The van der Waals surface area contributed by atoms with Crippen LogP contribution in [0, 0.1) is 0 Å². The number of likely N-dealkylation sites (N-methyl/N-ethyl adjacent to an activating group) is 1. The molecule has 0 bridgehead atoms. The van der Waals surface area contributed by atoms with E-state index in [0.717, 1.165) is 37.1 Å². The first-order valence-corrected chi connectivity index (χ1v) is 8.70. The van der Waals surface area contributed by atoms with Crippen molar-refractivity contribution < 1.29 is 13.2 Å². The van der Waals surface area contributed by atoms with Crippen LogP contribution in [0.4, 0.5) is 18.9 Å². The molecule has 0 amide bonds. The van der Waals surface area contributed by atoms with Crippen molar-refractivity contribution in [3.05, 3.63) is 36.0 Å². The number of benzene rings is 1. The van der Waals surface area contributed by atoms with Crippen molar-refractivity contribution in [1.29, 1.82) is 0 Å². The minimum atomic E-state index is -4.45. The molecule has 3 nitrogen and oxygen atoms in total. The molecule has 6 heteroatoms. The van der Waals surface area contributed by atoms with Crippen LogP contribution in [0.3, 0.4) is 0 Å². The fourth-order valence-corrected chi connectivity index (χ4v) is 3.72. The van der Waals surface area contributed by atoms with Crippen molar-refractivity contribution in [2.45, 2.75) is 43.8 Å². The number of hydrogen-bond acceptors (Lipinski definition) is 3. The van der Waals surface area contributed by atoms with Gasteiger partial charge in [0.25, 0.3) is 0 Å². The van der Waals surface area contributed by atoms with Gasteiger partial charge in [0.05, 0.1) is 5.52 Å². The Morgan fingerprint density at radius 1 is 1.12 bits per heavy atom. The van der Waals surface area contributed by atoms with Crippen LogP contribution < -0.4 is 5.32 Å². The van der Waals surface area contributed by atoms with Gasteiger partial charge in [-0.2, -0.15) is 13.2 Å². The number of anilines is 1. The van der Waals surface area contributed by atoms with Gasteiger partial charge in [-0.15, -0.1) is 0 Å². The number of aromatic nitrogens is 1. The van der Waals surface area contributed by atoms with Gasteiger partial charge < -0.3 is 10.2 Å². The molecule has 0 aliphatic heterocycles. The van der Waals surface area contributed by atoms with Crippen LogP contribution in [0.15, 0.2) is 30.3 Å². The van der Waals surface area contributed by atoms with Crippen molar-refractivity contribution >= 4 is 16.6 Å². The summed E-state index contributed by atoms with van der Waals surface area (Å²) in [5, 5.41) is 4.03. The molecule has 0 spiro atoms. The van der Waals surface area contributed by atoms with Crippen LogP contribution in [-0.2, 0) is 6.18 Å². The van der Waals surface area contributed by atoms with Gasteiger partial charge in [-0.05, 0) is 39.1 Å². The van der Waals surface area contributed by atoms with Crippen molar-refractivity contribution in [1.82, 2.24) is 9.88 Å². The number of nitrogens with one attached hydrogen (secondary N) is 1. The van der Waals surface area contributed by atoms with Gasteiger partial charge in [0.1, 0.15) is 5.69 Å². The highest BCUT2D eigenvalue weighted by molar-refractivity contribution is 5.91. The van der Waals surface area contributed by atoms with Gasteiger partial charge in [0.15, 0.2) is 0 Å². The van der Waals surface area contributed by atoms with Crippen LogP contribution >= 0.6 is 0 Å². The maximum absolute atomic E-state index is 13.2. The van der Waals surface area contributed by atoms with Gasteiger partial charge in [0, 0.05) is 23.2 Å². The Morgan fingerprint density at radius 2 is 1.80 bits per heavy atom. The number of hydrogen-bond donors (Lipinski definition) is 1. The molecule has 2 aromatic rings. The number of halogens is 3. The Bertz CT molecular complexity index is 734. The average Bonchev–Trinajstić information content (AvgIpc) is 2.59. The first kappa shape index (κ1) is 18.0. The number of para-hydroxylation sites is 1. The summed E-state index contributed by atoms with van der Waals surface area (Å²) >= 11 is 0. The SMILES string of the molecule is CN(C)C1(CNc2cc(C(F)(F)F)nc3ccccc23)CCCCC1. The van der Waals surface area contributed by atoms with Crippen LogP contribution in [0.1, 0.15) is 37.8 Å². The summed E-state index contributed by atoms with van der Waals surface area (Å²) in [6, 6.07) is 8.10. The van der Waals surface area contributed by atoms with E-state index in [1.54, 1.807) is 12.1 Å². The van der Waals surface area contributed by atoms with Crippen molar-refractivity contribution in [3.8, 4) is 0 Å². The second-order valence-corrected chi connectivity index (χ2v) is 7.10. The van der Waals surface area contributed by atoms with Crippen molar-refractivity contribution in [2.24, 2.45) is 0 Å². The third-order valence-electron chi connectivity index (χ3n) is 5.35. The zero-order chi connectivity index (χ0) is 18.1. The topological polar surface area (TPSA) is 28.2 Å². The maximum atomic E-state index is 13.2. The number of rotatable bonds is 4. The van der Waals surface area contributed by atoms with Gasteiger partial charge in [0.2, 0.25) is 0 Å². The smallest absolute Gasteiger partial charge is 0.383 e. The largest absolute Gasteiger partial charge is 0.433 e. The van der Waals surface area contributed by atoms with E-state index in [4.69, 9.17) is 0 Å². The van der Waals surface area contributed by atoms with E-state index in [2.05, 4.69) is 29.3 Å². The van der Waals surface area contributed by atoms with Crippen LogP contribution in [-0.4, -0.2) is 36.1 Å². The highest BCUT2D eigenvalue weighted by Gasteiger charge is 2.35. The molecule has 136 valence electrons. The molecule has 1 heterocycles. The summed E-state index contributed by atoms with van der Waals surface area (Å²) in [6.07, 6.45) is 1.20. The lowest BCUT2D eigenvalue weighted by atomic mass is 9.80. The van der Waals surface area contributed by atoms with Gasteiger partial charge in [-0.25, -0.2) is 4.98 Å². The second-order valence-electron chi connectivity index (χ2n) is 7.10. The van der Waals surface area contributed by atoms with Gasteiger partial charge in [-0.1, -0.05) is 37.5 Å².